The van der Waals surface area contributed by atoms with Crippen molar-refractivity contribution in [3.05, 3.63) is 5.28 Å². The summed E-state index contributed by atoms with van der Waals surface area (Å²) in [6.07, 6.45) is 4.92. The molecule has 1 aromatic rings. The molecule has 0 aliphatic carbocycles. The molecule has 7 heteroatoms. The lowest BCUT2D eigenvalue weighted by Gasteiger charge is -2.31. The molecule has 110 valence electrons. The maximum absolute atomic E-state index is 9.57. The third-order valence-electron chi connectivity index (χ3n) is 3.97. The molecule has 0 aromatic carbocycles. The van der Waals surface area contributed by atoms with Crippen molar-refractivity contribution < 1.29 is 5.11 Å². The van der Waals surface area contributed by atoms with Gasteiger partial charge in [0.1, 0.15) is 0 Å². The zero-order chi connectivity index (χ0) is 13.9. The van der Waals surface area contributed by atoms with E-state index in [1.165, 1.54) is 19.3 Å². The highest BCUT2D eigenvalue weighted by molar-refractivity contribution is 6.28. The number of aliphatic hydroxyl groups excluding tert-OH is 1. The van der Waals surface area contributed by atoms with E-state index in [-0.39, 0.29) is 11.4 Å². The molecule has 0 spiro atoms. The van der Waals surface area contributed by atoms with E-state index in [9.17, 15) is 5.11 Å². The molecule has 2 saturated heterocycles. The van der Waals surface area contributed by atoms with Crippen molar-refractivity contribution in [1.82, 2.24) is 15.0 Å². The highest BCUT2D eigenvalue weighted by atomic mass is 35.5. The van der Waals surface area contributed by atoms with Crippen LogP contribution in [0, 0.1) is 0 Å². The van der Waals surface area contributed by atoms with Gasteiger partial charge in [0.05, 0.1) is 6.10 Å². The van der Waals surface area contributed by atoms with Gasteiger partial charge in [0.2, 0.25) is 17.2 Å². The van der Waals surface area contributed by atoms with E-state index in [0.29, 0.717) is 11.9 Å². The average molecular weight is 298 g/mol. The van der Waals surface area contributed by atoms with E-state index in [1.807, 2.05) is 0 Å². The molecule has 0 unspecified atom stereocenters. The average Bonchev–Trinajstić information content (AvgIpc) is 2.48. The van der Waals surface area contributed by atoms with Gasteiger partial charge in [-0.05, 0) is 43.7 Å². The number of halogens is 1. The van der Waals surface area contributed by atoms with Crippen LogP contribution in [0.25, 0.3) is 0 Å². The number of aliphatic hydroxyl groups is 1. The Bertz CT molecular complexity index is 458. The summed E-state index contributed by atoms with van der Waals surface area (Å²) in [5.41, 5.74) is 0. The third kappa shape index (κ3) is 3.12. The van der Waals surface area contributed by atoms with Crippen LogP contribution in [0.2, 0.25) is 5.28 Å². The van der Waals surface area contributed by atoms with E-state index in [2.05, 4.69) is 24.8 Å². The Kier molecular flexibility index (Phi) is 4.21. The van der Waals surface area contributed by atoms with Gasteiger partial charge in [-0.1, -0.05) is 0 Å². The maximum Gasteiger partial charge on any atom is 0.231 e. The van der Waals surface area contributed by atoms with Crippen molar-refractivity contribution in [3.8, 4) is 0 Å². The summed E-state index contributed by atoms with van der Waals surface area (Å²) in [7, 11) is 0. The first-order chi connectivity index (χ1) is 9.72. The molecule has 20 heavy (non-hydrogen) atoms. The molecule has 0 radical (unpaired) electrons. The number of anilines is 2. The first kappa shape index (κ1) is 13.8. The lowest BCUT2D eigenvalue weighted by molar-refractivity contribution is 0.145. The van der Waals surface area contributed by atoms with Gasteiger partial charge in [-0.2, -0.15) is 15.0 Å². The molecule has 3 heterocycles. The van der Waals surface area contributed by atoms with Crippen LogP contribution >= 0.6 is 11.6 Å². The normalized spacial score (nSPS) is 21.3. The number of piperidine rings is 2. The Labute approximate surface area is 123 Å². The number of aromatic nitrogens is 3. The summed E-state index contributed by atoms with van der Waals surface area (Å²) in [5, 5.41) is 9.82. The highest BCUT2D eigenvalue weighted by Gasteiger charge is 2.22. The molecular weight excluding hydrogens is 278 g/mol. The minimum Gasteiger partial charge on any atom is -0.393 e. The standard InChI is InChI=1S/C13H20ClN5O/c14-11-15-12(18-6-2-1-3-7-18)17-13(16-11)19-8-4-10(20)5-9-19/h10,20H,1-9H2. The van der Waals surface area contributed by atoms with Crippen molar-refractivity contribution in [3.63, 3.8) is 0 Å². The molecule has 2 aliphatic rings. The number of hydrogen-bond donors (Lipinski definition) is 1. The molecule has 3 rings (SSSR count). The molecule has 6 nitrogen and oxygen atoms in total. The molecule has 1 N–H and O–H groups in total. The van der Waals surface area contributed by atoms with Crippen LogP contribution < -0.4 is 9.80 Å². The Balaban J connectivity index is 1.79. The SMILES string of the molecule is OC1CCN(c2nc(Cl)nc(N3CCCCC3)n2)CC1. The number of nitrogens with zero attached hydrogens (tertiary/aromatic N) is 5. The summed E-state index contributed by atoms with van der Waals surface area (Å²) < 4.78 is 0. The minimum atomic E-state index is -0.204. The molecule has 0 amide bonds. The van der Waals surface area contributed by atoms with Gasteiger partial charge < -0.3 is 14.9 Å². The summed E-state index contributed by atoms with van der Waals surface area (Å²) in [4.78, 5) is 17.3. The van der Waals surface area contributed by atoms with Crippen LogP contribution in [0.1, 0.15) is 32.1 Å². The van der Waals surface area contributed by atoms with E-state index in [1.54, 1.807) is 0 Å². The lowest BCUT2D eigenvalue weighted by atomic mass is 10.1. The van der Waals surface area contributed by atoms with Crippen LogP contribution in [0.5, 0.6) is 0 Å². The zero-order valence-electron chi connectivity index (χ0n) is 11.5. The fourth-order valence-electron chi connectivity index (χ4n) is 2.77. The highest BCUT2D eigenvalue weighted by Crippen LogP contribution is 2.22. The predicted molar refractivity (Wildman–Crippen MR) is 78.4 cm³/mol. The second-order valence-electron chi connectivity index (χ2n) is 5.47. The van der Waals surface area contributed by atoms with Crippen LogP contribution in [-0.2, 0) is 0 Å². The predicted octanol–water partition coefficient (Wildman–Crippen LogP) is 1.48. The van der Waals surface area contributed by atoms with Gasteiger partial charge in [0.25, 0.3) is 0 Å². The summed E-state index contributed by atoms with van der Waals surface area (Å²) in [6, 6.07) is 0. The van der Waals surface area contributed by atoms with Gasteiger partial charge in [0.15, 0.2) is 0 Å². The fourth-order valence-corrected chi connectivity index (χ4v) is 2.92. The van der Waals surface area contributed by atoms with Crippen LogP contribution in [0.4, 0.5) is 11.9 Å². The minimum absolute atomic E-state index is 0.204. The molecule has 0 saturated carbocycles. The summed E-state index contributed by atoms with van der Waals surface area (Å²) in [6.45, 7) is 3.50. The van der Waals surface area contributed by atoms with Gasteiger partial charge >= 0.3 is 0 Å². The zero-order valence-corrected chi connectivity index (χ0v) is 12.3. The van der Waals surface area contributed by atoms with Gasteiger partial charge in [-0.15, -0.1) is 0 Å². The lowest BCUT2D eigenvalue weighted by Crippen LogP contribution is -2.38. The maximum atomic E-state index is 9.57. The van der Waals surface area contributed by atoms with Gasteiger partial charge in [0, 0.05) is 26.2 Å². The number of hydrogen-bond acceptors (Lipinski definition) is 6. The largest absolute Gasteiger partial charge is 0.393 e. The molecule has 0 atom stereocenters. The van der Waals surface area contributed by atoms with Crippen molar-refractivity contribution >= 4 is 23.5 Å². The van der Waals surface area contributed by atoms with Crippen LogP contribution in [0.15, 0.2) is 0 Å². The van der Waals surface area contributed by atoms with E-state index in [4.69, 9.17) is 11.6 Å². The topological polar surface area (TPSA) is 65.4 Å². The smallest absolute Gasteiger partial charge is 0.231 e. The van der Waals surface area contributed by atoms with Gasteiger partial charge in [-0.25, -0.2) is 0 Å². The van der Waals surface area contributed by atoms with Gasteiger partial charge in [-0.3, -0.25) is 0 Å². The van der Waals surface area contributed by atoms with E-state index in [0.717, 1.165) is 39.0 Å². The van der Waals surface area contributed by atoms with Crippen LogP contribution in [0.3, 0.4) is 0 Å². The first-order valence-corrected chi connectivity index (χ1v) is 7.70. The summed E-state index contributed by atoms with van der Waals surface area (Å²) in [5.74, 6) is 1.32. The van der Waals surface area contributed by atoms with Crippen molar-refractivity contribution in [2.45, 2.75) is 38.2 Å². The first-order valence-electron chi connectivity index (χ1n) is 7.32. The monoisotopic (exact) mass is 297 g/mol. The van der Waals surface area contributed by atoms with Crippen LogP contribution in [-0.4, -0.2) is 52.3 Å². The summed E-state index contributed by atoms with van der Waals surface area (Å²) >= 11 is 6.05. The van der Waals surface area contributed by atoms with E-state index < -0.39 is 0 Å². The molecule has 2 fully saturated rings. The van der Waals surface area contributed by atoms with Crippen molar-refractivity contribution in [1.29, 1.82) is 0 Å². The van der Waals surface area contributed by atoms with E-state index >= 15 is 0 Å². The molecule has 1 aromatic heterocycles. The number of rotatable bonds is 2. The molecular formula is C13H20ClN5O. The Hall–Kier alpha value is -1.14. The Morgan fingerprint density at radius 3 is 2.00 bits per heavy atom. The quantitative estimate of drug-likeness (QED) is 0.892. The molecule has 0 bridgehead atoms. The second kappa shape index (κ2) is 6.10. The Morgan fingerprint density at radius 2 is 1.40 bits per heavy atom. The second-order valence-corrected chi connectivity index (χ2v) is 5.81. The van der Waals surface area contributed by atoms with Crippen molar-refractivity contribution in [2.75, 3.05) is 36.0 Å². The third-order valence-corrected chi connectivity index (χ3v) is 4.14. The van der Waals surface area contributed by atoms with Crippen molar-refractivity contribution in [2.24, 2.45) is 0 Å². The Morgan fingerprint density at radius 1 is 0.850 bits per heavy atom. The molecule has 2 aliphatic heterocycles. The fraction of sp³-hybridized carbons (Fsp3) is 0.769.